The van der Waals surface area contributed by atoms with Crippen LogP contribution in [0.5, 0.6) is 0 Å². The molecule has 80 valence electrons. The van der Waals surface area contributed by atoms with E-state index in [1.54, 1.807) is 18.7 Å². The molecule has 5 heteroatoms. The van der Waals surface area contributed by atoms with E-state index in [2.05, 4.69) is 9.97 Å². The molecule has 1 atom stereocenters. The van der Waals surface area contributed by atoms with E-state index in [1.807, 2.05) is 6.92 Å². The van der Waals surface area contributed by atoms with E-state index in [9.17, 15) is 4.79 Å². The Labute approximate surface area is 83.4 Å². The Morgan fingerprint density at radius 2 is 2.43 bits per heavy atom. The van der Waals surface area contributed by atoms with E-state index in [0.717, 1.165) is 12.8 Å². The molecule has 0 aliphatic carbocycles. The number of nitrogens with zero attached hydrogens (tertiary/aromatic N) is 1. The van der Waals surface area contributed by atoms with E-state index in [-0.39, 0.29) is 0 Å². The largest absolute Gasteiger partial charge is 0.480 e. The lowest BCUT2D eigenvalue weighted by Gasteiger charge is -2.02. The van der Waals surface area contributed by atoms with E-state index in [4.69, 9.17) is 10.8 Å². The van der Waals surface area contributed by atoms with Gasteiger partial charge in [-0.2, -0.15) is 0 Å². The molecule has 1 aromatic rings. The molecule has 0 fully saturated rings. The third-order valence-corrected chi connectivity index (χ3v) is 1.59. The quantitative estimate of drug-likeness (QED) is 0.674. The summed E-state index contributed by atoms with van der Waals surface area (Å²) in [5.74, 6) is -0.900. The summed E-state index contributed by atoms with van der Waals surface area (Å²) >= 11 is 0. The first-order valence-electron chi connectivity index (χ1n) is 4.59. The molecule has 0 aliphatic heterocycles. The van der Waals surface area contributed by atoms with Gasteiger partial charge in [-0.25, -0.2) is 4.98 Å². The lowest BCUT2D eigenvalue weighted by Crippen LogP contribution is -2.29. The molecule has 0 radical (unpaired) electrons. The summed E-state index contributed by atoms with van der Waals surface area (Å²) in [5, 5.41) is 8.28. The maximum absolute atomic E-state index is 10.1. The monoisotopic (exact) mass is 199 g/mol. The van der Waals surface area contributed by atoms with Gasteiger partial charge >= 0.3 is 5.97 Å². The molecule has 1 rings (SSSR count). The summed E-state index contributed by atoms with van der Waals surface area (Å²) in [4.78, 5) is 16.5. The highest BCUT2D eigenvalue weighted by Crippen LogP contribution is 1.96. The molecule has 4 N–H and O–H groups in total. The maximum Gasteiger partial charge on any atom is 0.320 e. The van der Waals surface area contributed by atoms with Crippen LogP contribution in [-0.2, 0) is 4.79 Å². The number of carbonyl (C=O) groups is 1. The Kier molecular flexibility index (Phi) is 7.45. The molecule has 1 aromatic heterocycles. The smallest absolute Gasteiger partial charge is 0.320 e. The fourth-order valence-electron chi connectivity index (χ4n) is 0.763. The summed E-state index contributed by atoms with van der Waals surface area (Å²) in [6.45, 7) is 2.01. The van der Waals surface area contributed by atoms with E-state index >= 15 is 0 Å². The SMILES string of the molecule is CCCCC(N)C(=O)O.c1c[nH]cn1. The van der Waals surface area contributed by atoms with Crippen LogP contribution in [0.15, 0.2) is 18.7 Å². The zero-order valence-corrected chi connectivity index (χ0v) is 8.31. The van der Waals surface area contributed by atoms with Crippen molar-refractivity contribution in [1.82, 2.24) is 9.97 Å². The fraction of sp³-hybridized carbons (Fsp3) is 0.556. The number of imidazole rings is 1. The van der Waals surface area contributed by atoms with Crippen molar-refractivity contribution in [3.05, 3.63) is 18.7 Å². The first-order chi connectivity index (χ1) is 6.68. The predicted octanol–water partition coefficient (Wildman–Crippen LogP) is 0.998. The lowest BCUT2D eigenvalue weighted by atomic mass is 10.1. The second kappa shape index (κ2) is 8.25. The Morgan fingerprint density at radius 3 is 2.71 bits per heavy atom. The highest BCUT2D eigenvalue weighted by atomic mass is 16.4. The number of aromatic amines is 1. The number of nitrogens with one attached hydrogen (secondary N) is 1. The first-order valence-corrected chi connectivity index (χ1v) is 4.59. The Morgan fingerprint density at radius 1 is 1.71 bits per heavy atom. The van der Waals surface area contributed by atoms with Crippen molar-refractivity contribution in [3.8, 4) is 0 Å². The topological polar surface area (TPSA) is 92.0 Å². The van der Waals surface area contributed by atoms with E-state index in [1.165, 1.54) is 0 Å². The predicted molar refractivity (Wildman–Crippen MR) is 53.7 cm³/mol. The number of hydrogen-bond acceptors (Lipinski definition) is 3. The molecule has 1 unspecified atom stereocenters. The molecule has 0 saturated heterocycles. The van der Waals surface area contributed by atoms with Gasteiger partial charge in [-0.1, -0.05) is 19.8 Å². The van der Waals surface area contributed by atoms with Gasteiger partial charge in [0, 0.05) is 12.4 Å². The van der Waals surface area contributed by atoms with Crippen LogP contribution >= 0.6 is 0 Å². The van der Waals surface area contributed by atoms with Crippen LogP contribution in [0.2, 0.25) is 0 Å². The zero-order valence-electron chi connectivity index (χ0n) is 8.31. The van der Waals surface area contributed by atoms with Crippen LogP contribution in [0.1, 0.15) is 26.2 Å². The highest BCUT2D eigenvalue weighted by molar-refractivity contribution is 5.72. The van der Waals surface area contributed by atoms with Crippen LogP contribution in [0.3, 0.4) is 0 Å². The Hall–Kier alpha value is -1.36. The van der Waals surface area contributed by atoms with Gasteiger partial charge in [0.05, 0.1) is 6.33 Å². The van der Waals surface area contributed by atoms with Gasteiger partial charge < -0.3 is 15.8 Å². The fourth-order valence-corrected chi connectivity index (χ4v) is 0.763. The maximum atomic E-state index is 10.1. The van der Waals surface area contributed by atoms with Crippen molar-refractivity contribution in [2.24, 2.45) is 5.73 Å². The van der Waals surface area contributed by atoms with E-state index in [0.29, 0.717) is 6.42 Å². The number of aromatic nitrogens is 2. The van der Waals surface area contributed by atoms with Gasteiger partial charge in [0.1, 0.15) is 6.04 Å². The van der Waals surface area contributed by atoms with Crippen LogP contribution in [0.25, 0.3) is 0 Å². The molecular weight excluding hydrogens is 182 g/mol. The van der Waals surface area contributed by atoms with Gasteiger partial charge in [0.15, 0.2) is 0 Å². The minimum atomic E-state index is -0.900. The van der Waals surface area contributed by atoms with Crippen molar-refractivity contribution in [2.75, 3.05) is 0 Å². The molecule has 0 saturated carbocycles. The third-order valence-electron chi connectivity index (χ3n) is 1.59. The molecule has 0 aromatic carbocycles. The number of rotatable bonds is 4. The summed E-state index contributed by atoms with van der Waals surface area (Å²) in [7, 11) is 0. The van der Waals surface area contributed by atoms with Crippen LogP contribution in [-0.4, -0.2) is 27.1 Å². The van der Waals surface area contributed by atoms with Crippen molar-refractivity contribution in [3.63, 3.8) is 0 Å². The number of aliphatic carboxylic acids is 1. The van der Waals surface area contributed by atoms with Crippen molar-refractivity contribution in [2.45, 2.75) is 32.2 Å². The average molecular weight is 199 g/mol. The van der Waals surface area contributed by atoms with Crippen LogP contribution in [0, 0.1) is 0 Å². The molecule has 0 aliphatic rings. The second-order valence-corrected chi connectivity index (χ2v) is 2.85. The number of H-pyrrole nitrogens is 1. The number of nitrogens with two attached hydrogens (primary N) is 1. The average Bonchev–Trinajstić information content (AvgIpc) is 2.71. The van der Waals surface area contributed by atoms with Gasteiger partial charge in [-0.05, 0) is 6.42 Å². The van der Waals surface area contributed by atoms with Crippen molar-refractivity contribution >= 4 is 5.97 Å². The number of hydrogen-bond donors (Lipinski definition) is 3. The highest BCUT2D eigenvalue weighted by Gasteiger charge is 2.08. The second-order valence-electron chi connectivity index (χ2n) is 2.85. The molecule has 0 amide bonds. The summed E-state index contributed by atoms with van der Waals surface area (Å²) in [5.41, 5.74) is 5.20. The van der Waals surface area contributed by atoms with Gasteiger partial charge in [0.25, 0.3) is 0 Å². The number of carboxylic acids is 1. The van der Waals surface area contributed by atoms with Crippen molar-refractivity contribution < 1.29 is 9.90 Å². The molecular formula is C9H17N3O2. The van der Waals surface area contributed by atoms with Gasteiger partial charge in [-0.3, -0.25) is 4.79 Å². The molecule has 5 nitrogen and oxygen atoms in total. The third kappa shape index (κ3) is 7.30. The van der Waals surface area contributed by atoms with Crippen LogP contribution in [0.4, 0.5) is 0 Å². The van der Waals surface area contributed by atoms with Crippen molar-refractivity contribution in [1.29, 1.82) is 0 Å². The van der Waals surface area contributed by atoms with E-state index < -0.39 is 12.0 Å². The number of unbranched alkanes of at least 4 members (excludes halogenated alkanes) is 1. The normalized spacial score (nSPS) is 11.3. The summed E-state index contributed by atoms with van der Waals surface area (Å²) < 4.78 is 0. The molecule has 0 spiro atoms. The molecule has 0 bridgehead atoms. The first kappa shape index (κ1) is 12.6. The Bertz CT molecular complexity index is 207. The van der Waals surface area contributed by atoms with Gasteiger partial charge in [0.2, 0.25) is 0 Å². The van der Waals surface area contributed by atoms with Crippen LogP contribution < -0.4 is 5.73 Å². The minimum absolute atomic E-state index is 0.589. The number of carboxylic acid groups (broad SMARTS) is 1. The minimum Gasteiger partial charge on any atom is -0.480 e. The lowest BCUT2D eigenvalue weighted by molar-refractivity contribution is -0.138. The summed E-state index contributed by atoms with van der Waals surface area (Å²) in [6.07, 6.45) is 7.57. The zero-order chi connectivity index (χ0) is 10.8. The molecule has 14 heavy (non-hydrogen) atoms. The standard InChI is InChI=1S/C6H13NO2.C3H4N2/c1-2-3-4-5(7)6(8)9;1-2-5-3-4-1/h5H,2-4,7H2,1H3,(H,8,9);1-3H,(H,4,5). The molecule has 1 heterocycles. The Balaban J connectivity index is 0.000000280. The van der Waals surface area contributed by atoms with Gasteiger partial charge in [-0.15, -0.1) is 0 Å². The summed E-state index contributed by atoms with van der Waals surface area (Å²) in [6, 6.07) is -0.662.